The molecule has 0 fully saturated rings. The summed E-state index contributed by atoms with van der Waals surface area (Å²) in [6.07, 6.45) is 2.80. The van der Waals surface area contributed by atoms with Crippen molar-refractivity contribution in [1.82, 2.24) is 9.55 Å². The molecule has 0 atom stereocenters. The van der Waals surface area contributed by atoms with Crippen LogP contribution in [0.5, 0.6) is 5.75 Å². The topological polar surface area (TPSA) is 27.1 Å². The van der Waals surface area contributed by atoms with E-state index in [9.17, 15) is 0 Å². The van der Waals surface area contributed by atoms with Crippen LogP contribution in [0.4, 0.5) is 0 Å². The summed E-state index contributed by atoms with van der Waals surface area (Å²) in [7, 11) is 1.66. The van der Waals surface area contributed by atoms with E-state index in [1.807, 2.05) is 24.5 Å². The van der Waals surface area contributed by atoms with Crippen molar-refractivity contribution in [3.8, 4) is 5.75 Å². The molecule has 15 heavy (non-hydrogen) atoms. The van der Waals surface area contributed by atoms with Gasteiger partial charge in [0.15, 0.2) is 0 Å². The van der Waals surface area contributed by atoms with Crippen molar-refractivity contribution >= 4 is 22.6 Å². The minimum Gasteiger partial charge on any atom is -0.497 e. The Labute approximate surface area is 93.6 Å². The average Bonchev–Trinajstić information content (AvgIpc) is 2.68. The summed E-state index contributed by atoms with van der Waals surface area (Å²) < 4.78 is 7.25. The first-order valence-corrected chi connectivity index (χ1v) is 5.43. The van der Waals surface area contributed by atoms with Gasteiger partial charge in [-0.15, -0.1) is 11.6 Å². The Morgan fingerprint density at radius 2 is 2.33 bits per heavy atom. The molecule has 0 radical (unpaired) electrons. The fourth-order valence-electron chi connectivity index (χ4n) is 1.58. The van der Waals surface area contributed by atoms with Gasteiger partial charge in [-0.2, -0.15) is 0 Å². The highest BCUT2D eigenvalue weighted by molar-refractivity contribution is 6.17. The van der Waals surface area contributed by atoms with Crippen molar-refractivity contribution in [3.63, 3.8) is 0 Å². The lowest BCUT2D eigenvalue weighted by Crippen LogP contribution is -1.96. The number of halogens is 1. The third-order valence-corrected chi connectivity index (χ3v) is 2.63. The Bertz CT molecular complexity index is 453. The highest BCUT2D eigenvalue weighted by atomic mass is 35.5. The maximum absolute atomic E-state index is 5.66. The molecule has 0 unspecified atom stereocenters. The fraction of sp³-hybridized carbons (Fsp3) is 0.364. The van der Waals surface area contributed by atoms with Gasteiger partial charge in [0, 0.05) is 18.5 Å². The van der Waals surface area contributed by atoms with E-state index in [4.69, 9.17) is 16.3 Å². The van der Waals surface area contributed by atoms with Gasteiger partial charge >= 0.3 is 0 Å². The number of nitrogens with zero attached hydrogens (tertiary/aromatic N) is 2. The Morgan fingerprint density at radius 1 is 1.47 bits per heavy atom. The van der Waals surface area contributed by atoms with Crippen molar-refractivity contribution in [3.05, 3.63) is 24.5 Å². The lowest BCUT2D eigenvalue weighted by molar-refractivity contribution is 0.415. The minimum atomic E-state index is 0.676. The van der Waals surface area contributed by atoms with E-state index in [0.717, 1.165) is 29.7 Å². The highest BCUT2D eigenvalue weighted by Crippen LogP contribution is 2.19. The Kier molecular flexibility index (Phi) is 3.11. The van der Waals surface area contributed by atoms with E-state index >= 15 is 0 Å². The summed E-state index contributed by atoms with van der Waals surface area (Å²) in [5.41, 5.74) is 2.09. The van der Waals surface area contributed by atoms with Crippen molar-refractivity contribution in [2.45, 2.75) is 13.0 Å². The smallest absolute Gasteiger partial charge is 0.121 e. The largest absolute Gasteiger partial charge is 0.497 e. The van der Waals surface area contributed by atoms with E-state index < -0.39 is 0 Å². The van der Waals surface area contributed by atoms with Crippen molar-refractivity contribution in [2.75, 3.05) is 13.0 Å². The normalized spacial score (nSPS) is 10.8. The molecule has 0 bridgehead atoms. The van der Waals surface area contributed by atoms with Crippen LogP contribution in [0.1, 0.15) is 6.42 Å². The molecule has 0 aliphatic carbocycles. The van der Waals surface area contributed by atoms with Gasteiger partial charge < -0.3 is 9.30 Å². The first-order chi connectivity index (χ1) is 7.35. The summed E-state index contributed by atoms with van der Waals surface area (Å²) in [6, 6.07) is 5.91. The van der Waals surface area contributed by atoms with Crippen LogP contribution in [-0.2, 0) is 6.54 Å². The van der Waals surface area contributed by atoms with E-state index in [1.165, 1.54) is 0 Å². The first kappa shape index (κ1) is 10.3. The zero-order valence-corrected chi connectivity index (χ0v) is 9.37. The van der Waals surface area contributed by atoms with Gasteiger partial charge in [0.1, 0.15) is 5.75 Å². The third kappa shape index (κ3) is 2.07. The summed E-state index contributed by atoms with van der Waals surface area (Å²) in [4.78, 5) is 4.32. The Hall–Kier alpha value is -1.22. The third-order valence-electron chi connectivity index (χ3n) is 2.36. The zero-order chi connectivity index (χ0) is 10.7. The standard InChI is InChI=1S/C11H13ClN2O/c1-15-9-3-4-11-10(7-9)13-8-14(11)6-2-5-12/h3-4,7-8H,2,5-6H2,1H3. The molecule has 2 rings (SSSR count). The van der Waals surface area contributed by atoms with Crippen LogP contribution in [-0.4, -0.2) is 22.5 Å². The second-order valence-electron chi connectivity index (χ2n) is 3.34. The SMILES string of the molecule is COc1ccc2c(c1)ncn2CCCCl. The zero-order valence-electron chi connectivity index (χ0n) is 8.61. The average molecular weight is 225 g/mol. The molecular weight excluding hydrogens is 212 g/mol. The maximum Gasteiger partial charge on any atom is 0.121 e. The van der Waals surface area contributed by atoms with Gasteiger partial charge in [0.25, 0.3) is 0 Å². The van der Waals surface area contributed by atoms with Crippen molar-refractivity contribution in [1.29, 1.82) is 0 Å². The second-order valence-corrected chi connectivity index (χ2v) is 3.71. The number of hydrogen-bond donors (Lipinski definition) is 0. The van der Waals surface area contributed by atoms with E-state index in [0.29, 0.717) is 5.88 Å². The number of ether oxygens (including phenoxy) is 1. The second kappa shape index (κ2) is 4.53. The summed E-state index contributed by atoms with van der Waals surface area (Å²) >= 11 is 5.66. The molecule has 0 aliphatic heterocycles. The van der Waals surface area contributed by atoms with E-state index in [-0.39, 0.29) is 0 Å². The molecule has 1 heterocycles. The maximum atomic E-state index is 5.66. The van der Waals surface area contributed by atoms with Crippen LogP contribution in [0.25, 0.3) is 11.0 Å². The van der Waals surface area contributed by atoms with Gasteiger partial charge in [0.05, 0.1) is 24.5 Å². The fourth-order valence-corrected chi connectivity index (χ4v) is 1.70. The number of imidazole rings is 1. The van der Waals surface area contributed by atoms with E-state index in [1.54, 1.807) is 7.11 Å². The lowest BCUT2D eigenvalue weighted by Gasteiger charge is -2.03. The molecule has 3 nitrogen and oxygen atoms in total. The Morgan fingerprint density at radius 3 is 3.07 bits per heavy atom. The van der Waals surface area contributed by atoms with Gasteiger partial charge in [-0.25, -0.2) is 4.98 Å². The van der Waals surface area contributed by atoms with Gasteiger partial charge in [0.2, 0.25) is 0 Å². The highest BCUT2D eigenvalue weighted by Gasteiger charge is 2.03. The quantitative estimate of drug-likeness (QED) is 0.747. The van der Waals surface area contributed by atoms with E-state index in [2.05, 4.69) is 9.55 Å². The lowest BCUT2D eigenvalue weighted by atomic mass is 10.3. The monoisotopic (exact) mass is 224 g/mol. The summed E-state index contributed by atoms with van der Waals surface area (Å²) in [6.45, 7) is 0.909. The predicted octanol–water partition coefficient (Wildman–Crippen LogP) is 2.67. The van der Waals surface area contributed by atoms with Crippen molar-refractivity contribution in [2.24, 2.45) is 0 Å². The number of alkyl halides is 1. The molecular formula is C11H13ClN2O. The van der Waals surface area contributed by atoms with Crippen LogP contribution < -0.4 is 4.74 Å². The number of fused-ring (bicyclic) bond motifs is 1. The number of hydrogen-bond acceptors (Lipinski definition) is 2. The Balaban J connectivity index is 2.34. The molecule has 0 N–H and O–H groups in total. The molecule has 0 spiro atoms. The molecule has 0 aliphatic rings. The van der Waals surface area contributed by atoms with Crippen molar-refractivity contribution < 1.29 is 4.74 Å². The summed E-state index contributed by atoms with van der Waals surface area (Å²) in [5, 5.41) is 0. The van der Waals surface area contributed by atoms with Gasteiger partial charge in [-0.1, -0.05) is 0 Å². The van der Waals surface area contributed by atoms with Crippen LogP contribution in [0.15, 0.2) is 24.5 Å². The summed E-state index contributed by atoms with van der Waals surface area (Å²) in [5.74, 6) is 1.51. The van der Waals surface area contributed by atoms with Crippen LogP contribution in [0.2, 0.25) is 0 Å². The van der Waals surface area contributed by atoms with Crippen LogP contribution in [0, 0.1) is 0 Å². The number of methoxy groups -OCH3 is 1. The van der Waals surface area contributed by atoms with Gasteiger partial charge in [-0.3, -0.25) is 0 Å². The van der Waals surface area contributed by atoms with Crippen LogP contribution >= 0.6 is 11.6 Å². The molecule has 0 amide bonds. The molecule has 4 heteroatoms. The number of rotatable bonds is 4. The first-order valence-electron chi connectivity index (χ1n) is 4.90. The molecule has 1 aromatic carbocycles. The number of aromatic nitrogens is 2. The predicted molar refractivity (Wildman–Crippen MR) is 61.6 cm³/mol. The number of benzene rings is 1. The molecule has 80 valence electrons. The minimum absolute atomic E-state index is 0.676. The molecule has 1 aromatic heterocycles. The molecule has 0 saturated heterocycles. The molecule has 0 saturated carbocycles. The van der Waals surface area contributed by atoms with Crippen LogP contribution in [0.3, 0.4) is 0 Å². The number of aryl methyl sites for hydroxylation is 1. The molecule has 2 aromatic rings. The van der Waals surface area contributed by atoms with Gasteiger partial charge in [-0.05, 0) is 18.6 Å².